The van der Waals surface area contributed by atoms with Crippen LogP contribution in [0.2, 0.25) is 5.02 Å². The molecule has 4 N–H and O–H groups in total. The number of sulfonamides is 1. The minimum Gasteiger partial charge on any atom is -0.453 e. The van der Waals surface area contributed by atoms with E-state index in [0.29, 0.717) is 22.8 Å². The number of hydrogen-bond donors (Lipinski definition) is 3. The quantitative estimate of drug-likeness (QED) is 0.250. The number of nitrogens with one attached hydrogen (secondary N) is 2. The molecule has 0 saturated heterocycles. The van der Waals surface area contributed by atoms with Crippen LogP contribution in [-0.4, -0.2) is 35.5 Å². The van der Waals surface area contributed by atoms with E-state index in [1.54, 1.807) is 30.5 Å². The molecule has 0 radical (unpaired) electrons. The van der Waals surface area contributed by atoms with E-state index in [4.69, 9.17) is 22.1 Å². The number of benzene rings is 2. The van der Waals surface area contributed by atoms with E-state index in [-0.39, 0.29) is 33.4 Å². The van der Waals surface area contributed by atoms with Gasteiger partial charge in [-0.2, -0.15) is 0 Å². The van der Waals surface area contributed by atoms with Crippen LogP contribution in [0.4, 0.5) is 15.9 Å². The molecule has 4 aromatic rings. The van der Waals surface area contributed by atoms with Gasteiger partial charge in [0, 0.05) is 36.6 Å². The number of nitrogens with zero attached hydrogens (tertiary/aromatic N) is 3. The molecule has 0 aliphatic heterocycles. The van der Waals surface area contributed by atoms with E-state index >= 15 is 4.39 Å². The zero-order valence-electron chi connectivity index (χ0n) is 20.7. The Labute approximate surface area is 230 Å². The summed E-state index contributed by atoms with van der Waals surface area (Å²) in [7, 11) is -4.02. The standard InChI is InChI=1S/C27H26ClFN6O3S/c28-21-3-1-2-4-26(21)39(36,37)35-19-9-10-25(22(29)13-19)38-24-11-12-31-15-20(24)23-14-27(33-16-32-23)34-18-7-5-17(30)6-8-18/h1-4,9-18,35H,5-8,30H2,(H,32,33,34). The third kappa shape index (κ3) is 6.44. The van der Waals surface area contributed by atoms with Crippen LogP contribution >= 0.6 is 11.6 Å². The number of halogens is 2. The van der Waals surface area contributed by atoms with E-state index in [9.17, 15) is 8.42 Å². The van der Waals surface area contributed by atoms with Gasteiger partial charge in [0.1, 0.15) is 22.8 Å². The molecule has 12 heteroatoms. The second kappa shape index (κ2) is 11.5. The lowest BCUT2D eigenvalue weighted by Crippen LogP contribution is -2.33. The lowest BCUT2D eigenvalue weighted by Gasteiger charge is -2.27. The summed E-state index contributed by atoms with van der Waals surface area (Å²) in [6, 6.07) is 13.7. The molecule has 2 heterocycles. The van der Waals surface area contributed by atoms with Crippen LogP contribution in [0.3, 0.4) is 0 Å². The van der Waals surface area contributed by atoms with Gasteiger partial charge in [-0.25, -0.2) is 22.8 Å². The van der Waals surface area contributed by atoms with Gasteiger partial charge in [-0.1, -0.05) is 23.7 Å². The monoisotopic (exact) mass is 568 g/mol. The molecule has 0 atom stereocenters. The Morgan fingerprint density at radius 3 is 2.56 bits per heavy atom. The summed E-state index contributed by atoms with van der Waals surface area (Å²) in [5.74, 6) is 0.116. The fraction of sp³-hybridized carbons (Fsp3) is 0.222. The molecule has 202 valence electrons. The van der Waals surface area contributed by atoms with Gasteiger partial charge < -0.3 is 15.8 Å². The highest BCUT2D eigenvalue weighted by atomic mass is 35.5. The van der Waals surface area contributed by atoms with Crippen molar-refractivity contribution in [1.29, 1.82) is 0 Å². The summed E-state index contributed by atoms with van der Waals surface area (Å²) in [4.78, 5) is 12.8. The SMILES string of the molecule is NC1CCC(Nc2cc(-c3cnccc3Oc3ccc(NS(=O)(=O)c4ccccc4Cl)cc3F)ncn2)CC1. The van der Waals surface area contributed by atoms with Gasteiger partial charge in [0.25, 0.3) is 10.0 Å². The Morgan fingerprint density at radius 2 is 1.79 bits per heavy atom. The average molecular weight is 569 g/mol. The minimum atomic E-state index is -4.02. The molecule has 39 heavy (non-hydrogen) atoms. The maximum absolute atomic E-state index is 15.0. The Bertz CT molecular complexity index is 1580. The topological polar surface area (TPSA) is 132 Å². The summed E-state index contributed by atoms with van der Waals surface area (Å²) >= 11 is 6.01. The molecule has 1 aliphatic carbocycles. The number of aromatic nitrogens is 3. The first-order valence-electron chi connectivity index (χ1n) is 12.3. The smallest absolute Gasteiger partial charge is 0.263 e. The average Bonchev–Trinajstić information content (AvgIpc) is 2.92. The van der Waals surface area contributed by atoms with Crippen molar-refractivity contribution in [1.82, 2.24) is 15.0 Å². The van der Waals surface area contributed by atoms with Gasteiger partial charge >= 0.3 is 0 Å². The van der Waals surface area contributed by atoms with Crippen LogP contribution in [0.1, 0.15) is 25.7 Å². The van der Waals surface area contributed by atoms with Crippen LogP contribution < -0.4 is 20.5 Å². The van der Waals surface area contributed by atoms with E-state index in [0.717, 1.165) is 31.7 Å². The van der Waals surface area contributed by atoms with Crippen molar-refractivity contribution in [2.24, 2.45) is 5.73 Å². The van der Waals surface area contributed by atoms with Gasteiger partial charge in [0.05, 0.1) is 22.0 Å². The van der Waals surface area contributed by atoms with E-state index < -0.39 is 15.8 Å². The molecule has 0 bridgehead atoms. The summed E-state index contributed by atoms with van der Waals surface area (Å²) in [5.41, 5.74) is 7.12. The number of rotatable bonds is 8. The molecule has 5 rings (SSSR count). The predicted molar refractivity (Wildman–Crippen MR) is 148 cm³/mol. The number of ether oxygens (including phenoxy) is 1. The van der Waals surface area contributed by atoms with Crippen LogP contribution in [0.15, 0.2) is 78.2 Å². The molecule has 9 nitrogen and oxygen atoms in total. The minimum absolute atomic E-state index is 0.0184. The lowest BCUT2D eigenvalue weighted by atomic mass is 9.92. The molecule has 2 aromatic heterocycles. The van der Waals surface area contributed by atoms with Crippen molar-refractivity contribution in [3.63, 3.8) is 0 Å². The number of hydrogen-bond acceptors (Lipinski definition) is 8. The van der Waals surface area contributed by atoms with Crippen molar-refractivity contribution < 1.29 is 17.5 Å². The van der Waals surface area contributed by atoms with E-state index in [2.05, 4.69) is 25.0 Å². The molecule has 0 spiro atoms. The van der Waals surface area contributed by atoms with Crippen LogP contribution in [-0.2, 0) is 10.0 Å². The Morgan fingerprint density at radius 1 is 1.00 bits per heavy atom. The van der Waals surface area contributed by atoms with Gasteiger partial charge in [-0.05, 0) is 56.0 Å². The molecule has 1 fully saturated rings. The first-order chi connectivity index (χ1) is 18.8. The Hall–Kier alpha value is -3.80. The molecular weight excluding hydrogens is 543 g/mol. The van der Waals surface area contributed by atoms with Gasteiger partial charge in [-0.3, -0.25) is 9.71 Å². The van der Waals surface area contributed by atoms with Gasteiger partial charge in [0.2, 0.25) is 0 Å². The number of anilines is 2. The fourth-order valence-corrected chi connectivity index (χ4v) is 5.93. The fourth-order valence-electron chi connectivity index (χ4n) is 4.36. The highest BCUT2D eigenvalue weighted by Crippen LogP contribution is 2.34. The van der Waals surface area contributed by atoms with Crippen molar-refractivity contribution in [3.05, 3.63) is 84.2 Å². The zero-order valence-corrected chi connectivity index (χ0v) is 22.3. The highest BCUT2D eigenvalue weighted by Gasteiger charge is 2.21. The summed E-state index contributed by atoms with van der Waals surface area (Å²) in [6.07, 6.45) is 8.39. The number of nitrogens with two attached hydrogens (primary N) is 1. The second-order valence-corrected chi connectivity index (χ2v) is 11.3. The maximum Gasteiger partial charge on any atom is 0.263 e. The van der Waals surface area contributed by atoms with Crippen molar-refractivity contribution in [3.8, 4) is 22.8 Å². The highest BCUT2D eigenvalue weighted by molar-refractivity contribution is 7.92. The zero-order chi connectivity index (χ0) is 27.4. The molecule has 0 unspecified atom stereocenters. The molecule has 0 amide bonds. The van der Waals surface area contributed by atoms with Crippen molar-refractivity contribution in [2.75, 3.05) is 10.0 Å². The van der Waals surface area contributed by atoms with Crippen molar-refractivity contribution >= 4 is 33.1 Å². The second-order valence-electron chi connectivity index (χ2n) is 9.20. The Balaban J connectivity index is 1.34. The largest absolute Gasteiger partial charge is 0.453 e. The summed E-state index contributed by atoms with van der Waals surface area (Å²) in [5, 5.41) is 3.49. The first kappa shape index (κ1) is 26.8. The number of pyridine rings is 1. The van der Waals surface area contributed by atoms with Gasteiger partial charge in [-0.15, -0.1) is 0 Å². The van der Waals surface area contributed by atoms with Crippen LogP contribution in [0.5, 0.6) is 11.5 Å². The predicted octanol–water partition coefficient (Wildman–Crippen LogP) is 5.61. The maximum atomic E-state index is 15.0. The molecular formula is C27H26ClFN6O3S. The summed E-state index contributed by atoms with van der Waals surface area (Å²) in [6.45, 7) is 0. The molecule has 1 saturated carbocycles. The normalized spacial score (nSPS) is 17.4. The third-order valence-electron chi connectivity index (χ3n) is 6.38. The molecule has 1 aliphatic rings. The van der Waals surface area contributed by atoms with Gasteiger partial charge in [0.15, 0.2) is 11.6 Å². The van der Waals surface area contributed by atoms with Crippen LogP contribution in [0, 0.1) is 5.82 Å². The van der Waals surface area contributed by atoms with Crippen LogP contribution in [0.25, 0.3) is 11.3 Å². The van der Waals surface area contributed by atoms with E-state index in [1.165, 1.54) is 36.8 Å². The third-order valence-corrected chi connectivity index (χ3v) is 8.26. The first-order valence-corrected chi connectivity index (χ1v) is 14.2. The van der Waals surface area contributed by atoms with Crippen molar-refractivity contribution in [2.45, 2.75) is 42.7 Å². The molecule has 2 aromatic carbocycles. The Kier molecular flexibility index (Phi) is 7.92. The van der Waals surface area contributed by atoms with E-state index in [1.807, 2.05) is 0 Å². The lowest BCUT2D eigenvalue weighted by molar-refractivity contribution is 0.410. The summed E-state index contributed by atoms with van der Waals surface area (Å²) < 4.78 is 48.6.